The molecule has 492 valence electrons. The normalized spacial score (nSPS) is 15.0. The zero-order valence-corrected chi connectivity index (χ0v) is 52.5. The number of carboxylic acid groups (broad SMARTS) is 1. The largest absolute Gasteiger partial charge is 0.480 e. The molecule has 7 atom stereocenters. The number of carbonyl (C=O) groups excluding carboxylic acids is 10. The number of amides is 8. The Morgan fingerprint density at radius 1 is 0.571 bits per heavy atom. The highest BCUT2D eigenvalue weighted by atomic mass is 31.2. The van der Waals surface area contributed by atoms with Gasteiger partial charge in [-0.05, 0) is 81.5 Å². The third-order valence-corrected chi connectivity index (χ3v) is 15.1. The number of benzene rings is 4. The average molecular weight is 1290 g/mol. The molecule has 0 aliphatic carbocycles. The molecule has 27 nitrogen and oxygen atoms in total. The number of ether oxygens (including phenoxy) is 3. The number of phosphoric ester groups is 1. The number of nitrogens with two attached hydrogens (primary N) is 1. The van der Waals surface area contributed by atoms with Crippen molar-refractivity contribution in [3.63, 3.8) is 0 Å². The maximum atomic E-state index is 14.6. The van der Waals surface area contributed by atoms with E-state index in [1.807, 2.05) is 0 Å². The lowest BCUT2D eigenvalue weighted by atomic mass is 10.0. The molecule has 4 aromatic carbocycles. The summed E-state index contributed by atoms with van der Waals surface area (Å²) in [5, 5.41) is 24.6. The van der Waals surface area contributed by atoms with E-state index >= 15 is 0 Å². The van der Waals surface area contributed by atoms with E-state index in [1.165, 1.54) is 4.90 Å². The van der Waals surface area contributed by atoms with Crippen molar-refractivity contribution in [2.75, 3.05) is 13.2 Å². The van der Waals surface area contributed by atoms with E-state index < -0.39 is 166 Å². The van der Waals surface area contributed by atoms with Crippen molar-refractivity contribution in [1.82, 2.24) is 36.8 Å². The summed E-state index contributed by atoms with van der Waals surface area (Å²) in [6, 6.07) is 22.8. The quantitative estimate of drug-likeness (QED) is 0.0178. The molecule has 8 amide bonds. The molecule has 91 heavy (non-hydrogen) atoms. The number of likely N-dealkylation sites (tertiary alicyclic amines) is 1. The Balaban J connectivity index is 1.39. The molecule has 0 unspecified atom stereocenters. The van der Waals surface area contributed by atoms with Gasteiger partial charge in [0.1, 0.15) is 61.1 Å². The van der Waals surface area contributed by atoms with Gasteiger partial charge in [0.15, 0.2) is 0 Å². The molecule has 0 bridgehead atoms. The minimum Gasteiger partial charge on any atom is -0.480 e. The lowest BCUT2D eigenvalue weighted by molar-refractivity contribution is -0.148. The zero-order chi connectivity index (χ0) is 66.7. The summed E-state index contributed by atoms with van der Waals surface area (Å²) >= 11 is 0. The number of hydrogen-bond acceptors (Lipinski definition) is 18. The van der Waals surface area contributed by atoms with Gasteiger partial charge in [0.2, 0.25) is 41.4 Å². The van der Waals surface area contributed by atoms with E-state index in [4.69, 9.17) is 33.5 Å². The lowest BCUT2D eigenvalue weighted by Crippen LogP contribution is -2.60. The molecule has 28 heteroatoms. The van der Waals surface area contributed by atoms with Crippen LogP contribution in [0.3, 0.4) is 0 Å². The predicted octanol–water partition coefficient (Wildman–Crippen LogP) is 4.54. The van der Waals surface area contributed by atoms with E-state index in [1.54, 1.807) is 156 Å². The number of carbonyl (C=O) groups is 11. The van der Waals surface area contributed by atoms with Gasteiger partial charge >= 0.3 is 31.8 Å². The molecule has 1 fully saturated rings. The summed E-state index contributed by atoms with van der Waals surface area (Å²) in [6.07, 6.45) is -3.21. The number of aliphatic carboxylic acids is 1. The second-order valence-electron chi connectivity index (χ2n) is 22.7. The standard InChI is InChI=1S/C63H81N8O19P/c1-40(2)54(70-62(83)90-63(4,5)6)60(80)71-33-19-28-50(71)59(79)68-48(34-51(64)72)57(77)69-49(39-89-91(84,87-37-44-24-15-9-16-25-44)88-38-45-26-17-10-18-27-45)58(78)65-41(3)55(75)66-46(29-31-52(73)85-35-42-20-11-7-12-21-42)56(76)67-47(61(81)82)30-32-53(74)86-36-43-22-13-8-14-23-43/h7-18,20-27,40-41,46-50,54H,19,28-39H2,1-6H3,(H2,64,72)(H,65,78)(H,66,75)(H,67,76)(H,68,79)(H,69,77)(H,70,83)(H,81,82)/t41-,46-,47-,48-,49-,50-,54-/m0/s1. The number of carboxylic acids is 1. The number of nitrogens with one attached hydrogen (secondary N) is 6. The molecule has 5 rings (SSSR count). The Bertz CT molecular complexity index is 3110. The monoisotopic (exact) mass is 1280 g/mol. The lowest BCUT2D eigenvalue weighted by Gasteiger charge is -2.32. The Morgan fingerprint density at radius 3 is 1.47 bits per heavy atom. The molecular formula is C63H81N8O19P. The Labute approximate surface area is 527 Å². The van der Waals surface area contributed by atoms with Gasteiger partial charge in [-0.3, -0.25) is 56.7 Å². The summed E-state index contributed by atoms with van der Waals surface area (Å²) in [5.74, 6) is -11.0. The van der Waals surface area contributed by atoms with Crippen molar-refractivity contribution in [1.29, 1.82) is 0 Å². The van der Waals surface area contributed by atoms with E-state index in [0.717, 1.165) is 6.92 Å². The van der Waals surface area contributed by atoms with Crippen molar-refractivity contribution in [3.05, 3.63) is 144 Å². The third-order valence-electron chi connectivity index (χ3n) is 13.7. The smallest absolute Gasteiger partial charge is 0.475 e. The molecule has 9 N–H and O–H groups in total. The van der Waals surface area contributed by atoms with Crippen molar-refractivity contribution < 1.29 is 90.2 Å². The van der Waals surface area contributed by atoms with Gasteiger partial charge in [-0.2, -0.15) is 0 Å². The van der Waals surface area contributed by atoms with Gasteiger partial charge in [-0.25, -0.2) is 14.2 Å². The SMILES string of the molecule is CC(C)[C@H](NC(=O)OC(C)(C)C)C(=O)N1CCC[C@H]1C(=O)N[C@@H](CC(N)=O)C(=O)N[C@@H](COP(=O)(OCc1ccccc1)OCc1ccccc1)C(=O)N[C@@H](C)C(=O)N[C@@H](CCC(=O)OCc1ccccc1)C(=O)N[C@@H](CCC(=O)OCc1ccccc1)C(=O)O. The third kappa shape index (κ3) is 25.8. The highest BCUT2D eigenvalue weighted by Crippen LogP contribution is 2.51. The first-order chi connectivity index (χ1) is 43.2. The minimum absolute atomic E-state index is 0.0659. The van der Waals surface area contributed by atoms with Crippen molar-refractivity contribution in [3.8, 4) is 0 Å². The minimum atomic E-state index is -4.77. The number of nitrogens with zero attached hydrogens (tertiary/aromatic N) is 1. The molecule has 0 aromatic heterocycles. The number of hydrogen-bond donors (Lipinski definition) is 8. The number of esters is 2. The second kappa shape index (κ2) is 36.0. The number of phosphoric acid groups is 1. The van der Waals surface area contributed by atoms with Crippen LogP contribution in [0.1, 0.15) is 109 Å². The molecule has 1 aliphatic rings. The van der Waals surface area contributed by atoms with Crippen LogP contribution < -0.4 is 37.6 Å². The molecule has 0 saturated carbocycles. The average Bonchev–Trinajstić information content (AvgIpc) is 2.24. The van der Waals surface area contributed by atoms with Crippen LogP contribution in [0.5, 0.6) is 0 Å². The summed E-state index contributed by atoms with van der Waals surface area (Å²) in [4.78, 5) is 150. The highest BCUT2D eigenvalue weighted by molar-refractivity contribution is 7.48. The molecule has 1 heterocycles. The number of alkyl carbamates (subject to hydrolysis) is 1. The van der Waals surface area contributed by atoms with Gasteiger partial charge in [-0.15, -0.1) is 0 Å². The van der Waals surface area contributed by atoms with Crippen LogP contribution in [-0.2, 0) is 107 Å². The Hall–Kier alpha value is -9.04. The number of rotatable bonds is 35. The first kappa shape index (κ1) is 72.7. The molecule has 0 radical (unpaired) electrons. The van der Waals surface area contributed by atoms with Crippen molar-refractivity contribution >= 4 is 73.2 Å². The van der Waals surface area contributed by atoms with Crippen LogP contribution in [0.15, 0.2) is 121 Å². The summed E-state index contributed by atoms with van der Waals surface area (Å²) < 4.78 is 47.8. The maximum absolute atomic E-state index is 14.6. The topological polar surface area (TPSA) is 382 Å². The summed E-state index contributed by atoms with van der Waals surface area (Å²) in [5.41, 5.74) is 7.05. The Morgan fingerprint density at radius 2 is 1.01 bits per heavy atom. The van der Waals surface area contributed by atoms with Crippen LogP contribution in [0.4, 0.5) is 4.79 Å². The molecular weight excluding hydrogens is 1200 g/mol. The van der Waals surface area contributed by atoms with E-state index in [-0.39, 0.29) is 39.4 Å². The highest BCUT2D eigenvalue weighted by Gasteiger charge is 2.42. The van der Waals surface area contributed by atoms with Crippen LogP contribution in [0.25, 0.3) is 0 Å². The van der Waals surface area contributed by atoms with E-state index in [9.17, 15) is 62.4 Å². The van der Waals surface area contributed by atoms with Gasteiger partial charge in [-0.1, -0.05) is 135 Å². The van der Waals surface area contributed by atoms with Gasteiger partial charge in [0.25, 0.3) is 0 Å². The number of primary amides is 1. The van der Waals surface area contributed by atoms with Crippen molar-refractivity contribution in [2.45, 2.75) is 161 Å². The van der Waals surface area contributed by atoms with E-state index in [2.05, 4.69) is 31.9 Å². The first-order valence-corrected chi connectivity index (χ1v) is 31.0. The molecule has 1 aliphatic heterocycles. The van der Waals surface area contributed by atoms with Gasteiger partial charge in [0, 0.05) is 19.4 Å². The Kier molecular flexibility index (Phi) is 28.7. The van der Waals surface area contributed by atoms with Crippen LogP contribution in [-0.4, -0.2) is 136 Å². The van der Waals surface area contributed by atoms with Crippen LogP contribution in [0, 0.1) is 5.92 Å². The maximum Gasteiger partial charge on any atom is 0.475 e. The molecule has 4 aromatic rings. The van der Waals surface area contributed by atoms with Crippen molar-refractivity contribution in [2.24, 2.45) is 11.7 Å². The zero-order valence-electron chi connectivity index (χ0n) is 51.6. The van der Waals surface area contributed by atoms with Crippen LogP contribution in [0.2, 0.25) is 0 Å². The predicted molar refractivity (Wildman–Crippen MR) is 326 cm³/mol. The fourth-order valence-electron chi connectivity index (χ4n) is 8.92. The van der Waals surface area contributed by atoms with Gasteiger partial charge in [0.05, 0.1) is 26.2 Å². The fraction of sp³-hybridized carbons (Fsp3) is 0.444. The fourth-order valence-corrected chi connectivity index (χ4v) is 10.1. The van der Waals surface area contributed by atoms with Crippen LogP contribution >= 0.6 is 7.82 Å². The molecule has 1 saturated heterocycles. The van der Waals surface area contributed by atoms with E-state index in [0.29, 0.717) is 28.7 Å². The summed E-state index contributed by atoms with van der Waals surface area (Å²) in [6.45, 7) is 7.52. The summed E-state index contributed by atoms with van der Waals surface area (Å²) in [7, 11) is -4.77. The second-order valence-corrected chi connectivity index (χ2v) is 24.3. The first-order valence-electron chi connectivity index (χ1n) is 29.5. The molecule has 0 spiro atoms. The van der Waals surface area contributed by atoms with Gasteiger partial charge < -0.3 is 61.9 Å².